The average molecular weight is 180 g/mol. The highest BCUT2D eigenvalue weighted by Gasteiger charge is 2.30. The van der Waals surface area contributed by atoms with Gasteiger partial charge in [-0.2, -0.15) is 5.26 Å². The van der Waals surface area contributed by atoms with E-state index in [4.69, 9.17) is 5.26 Å². The molecule has 0 aromatic rings. The summed E-state index contributed by atoms with van der Waals surface area (Å²) >= 11 is 0. The molecule has 1 rings (SSSR count). The Balaban J connectivity index is 2.60. The molecule has 0 spiro atoms. The molecular formula is C11H20N2. The molecule has 1 aliphatic rings. The fourth-order valence-corrected chi connectivity index (χ4v) is 2.22. The molecule has 0 bridgehead atoms. The Bertz CT molecular complexity index is 195. The van der Waals surface area contributed by atoms with Gasteiger partial charge in [0, 0.05) is 6.04 Å². The van der Waals surface area contributed by atoms with Crippen LogP contribution in [0.3, 0.4) is 0 Å². The zero-order valence-electron chi connectivity index (χ0n) is 8.95. The predicted molar refractivity (Wildman–Crippen MR) is 54.2 cm³/mol. The maximum atomic E-state index is 9.02. The van der Waals surface area contributed by atoms with Crippen molar-refractivity contribution < 1.29 is 0 Å². The smallest absolute Gasteiger partial charge is 0.0672 e. The first-order chi connectivity index (χ1) is 6.19. The molecule has 74 valence electrons. The summed E-state index contributed by atoms with van der Waals surface area (Å²) in [7, 11) is 2.13. The van der Waals surface area contributed by atoms with Crippen LogP contribution in [-0.2, 0) is 0 Å². The van der Waals surface area contributed by atoms with E-state index in [9.17, 15) is 0 Å². The summed E-state index contributed by atoms with van der Waals surface area (Å²) < 4.78 is 0. The zero-order chi connectivity index (χ0) is 9.84. The van der Waals surface area contributed by atoms with Crippen molar-refractivity contribution in [2.75, 3.05) is 13.6 Å². The summed E-state index contributed by atoms with van der Waals surface area (Å²) in [6.45, 7) is 5.51. The van der Waals surface area contributed by atoms with Crippen LogP contribution in [0.25, 0.3) is 0 Å². The Morgan fingerprint density at radius 3 is 2.69 bits per heavy atom. The van der Waals surface area contributed by atoms with Gasteiger partial charge in [0.15, 0.2) is 0 Å². The SMILES string of the molecule is CCN(C)C1CC(C)CCC1C#N. The number of nitriles is 1. The second-order valence-electron chi connectivity index (χ2n) is 4.29. The molecule has 0 aromatic carbocycles. The lowest BCUT2D eigenvalue weighted by molar-refractivity contribution is 0.136. The highest BCUT2D eigenvalue weighted by molar-refractivity contribution is 4.96. The van der Waals surface area contributed by atoms with Crippen LogP contribution in [0.5, 0.6) is 0 Å². The Hall–Kier alpha value is -0.550. The van der Waals surface area contributed by atoms with E-state index >= 15 is 0 Å². The van der Waals surface area contributed by atoms with E-state index in [1.54, 1.807) is 0 Å². The zero-order valence-corrected chi connectivity index (χ0v) is 8.95. The first-order valence-corrected chi connectivity index (χ1v) is 5.28. The van der Waals surface area contributed by atoms with Gasteiger partial charge in [-0.25, -0.2) is 0 Å². The van der Waals surface area contributed by atoms with Gasteiger partial charge in [0.2, 0.25) is 0 Å². The summed E-state index contributed by atoms with van der Waals surface area (Å²) in [5.41, 5.74) is 0. The van der Waals surface area contributed by atoms with Gasteiger partial charge < -0.3 is 4.90 Å². The fourth-order valence-electron chi connectivity index (χ4n) is 2.22. The summed E-state index contributed by atoms with van der Waals surface area (Å²) in [5, 5.41) is 9.02. The highest BCUT2D eigenvalue weighted by Crippen LogP contribution is 2.31. The lowest BCUT2D eigenvalue weighted by Crippen LogP contribution is -2.41. The molecule has 2 heteroatoms. The normalized spacial score (nSPS) is 34.5. The molecule has 0 heterocycles. The van der Waals surface area contributed by atoms with E-state index in [-0.39, 0.29) is 5.92 Å². The third-order valence-electron chi connectivity index (χ3n) is 3.31. The molecule has 0 aliphatic heterocycles. The molecule has 3 unspecified atom stereocenters. The fraction of sp³-hybridized carbons (Fsp3) is 0.909. The van der Waals surface area contributed by atoms with Gasteiger partial charge >= 0.3 is 0 Å². The average Bonchev–Trinajstić information content (AvgIpc) is 2.16. The minimum absolute atomic E-state index is 0.265. The Labute approximate surface area is 81.5 Å². The summed E-state index contributed by atoms with van der Waals surface area (Å²) in [4.78, 5) is 2.32. The standard InChI is InChI=1S/C11H20N2/c1-4-13(3)11-7-9(2)5-6-10(11)8-12/h9-11H,4-7H2,1-3H3. The molecule has 1 aliphatic carbocycles. The molecule has 0 saturated heterocycles. The van der Waals surface area contributed by atoms with Gasteiger partial charge in [0.1, 0.15) is 0 Å². The van der Waals surface area contributed by atoms with Crippen molar-refractivity contribution in [2.24, 2.45) is 11.8 Å². The lowest BCUT2D eigenvalue weighted by atomic mass is 9.79. The molecule has 2 nitrogen and oxygen atoms in total. The number of nitrogens with zero attached hydrogens (tertiary/aromatic N) is 2. The van der Waals surface area contributed by atoms with E-state index in [0.717, 1.165) is 18.9 Å². The molecule has 1 saturated carbocycles. The van der Waals surface area contributed by atoms with Gasteiger partial charge in [0.25, 0.3) is 0 Å². The Kier molecular flexibility index (Phi) is 3.74. The third-order valence-corrected chi connectivity index (χ3v) is 3.31. The molecule has 0 aromatic heterocycles. The molecular weight excluding hydrogens is 160 g/mol. The van der Waals surface area contributed by atoms with Crippen LogP contribution >= 0.6 is 0 Å². The molecule has 1 fully saturated rings. The van der Waals surface area contributed by atoms with Crippen molar-refractivity contribution in [3.05, 3.63) is 0 Å². The van der Waals surface area contributed by atoms with Crippen molar-refractivity contribution in [3.8, 4) is 6.07 Å². The van der Waals surface area contributed by atoms with Gasteiger partial charge in [-0.1, -0.05) is 13.8 Å². The van der Waals surface area contributed by atoms with Gasteiger partial charge in [-0.3, -0.25) is 0 Å². The number of hydrogen-bond donors (Lipinski definition) is 0. The predicted octanol–water partition coefficient (Wildman–Crippen LogP) is 2.27. The van der Waals surface area contributed by atoms with Gasteiger partial charge in [-0.15, -0.1) is 0 Å². The minimum atomic E-state index is 0.265. The molecule has 0 amide bonds. The van der Waals surface area contributed by atoms with Crippen LogP contribution in [0.2, 0.25) is 0 Å². The van der Waals surface area contributed by atoms with Crippen molar-refractivity contribution in [1.29, 1.82) is 5.26 Å². The number of hydrogen-bond acceptors (Lipinski definition) is 2. The largest absolute Gasteiger partial charge is 0.302 e. The van der Waals surface area contributed by atoms with Crippen LogP contribution in [0.4, 0.5) is 0 Å². The van der Waals surface area contributed by atoms with Crippen LogP contribution in [0.1, 0.15) is 33.1 Å². The Morgan fingerprint density at radius 2 is 2.15 bits per heavy atom. The Morgan fingerprint density at radius 1 is 1.46 bits per heavy atom. The minimum Gasteiger partial charge on any atom is -0.302 e. The maximum absolute atomic E-state index is 9.02. The van der Waals surface area contributed by atoms with E-state index in [0.29, 0.717) is 6.04 Å². The van der Waals surface area contributed by atoms with Crippen molar-refractivity contribution in [1.82, 2.24) is 4.90 Å². The van der Waals surface area contributed by atoms with Gasteiger partial charge in [0.05, 0.1) is 12.0 Å². The van der Waals surface area contributed by atoms with Crippen molar-refractivity contribution >= 4 is 0 Å². The summed E-state index contributed by atoms with van der Waals surface area (Å²) in [6.07, 6.45) is 3.52. The van der Waals surface area contributed by atoms with E-state index in [1.165, 1.54) is 12.8 Å². The van der Waals surface area contributed by atoms with E-state index < -0.39 is 0 Å². The molecule has 0 N–H and O–H groups in total. The maximum Gasteiger partial charge on any atom is 0.0672 e. The van der Waals surface area contributed by atoms with Crippen LogP contribution < -0.4 is 0 Å². The third kappa shape index (κ3) is 2.45. The second kappa shape index (κ2) is 4.62. The molecule has 13 heavy (non-hydrogen) atoms. The first-order valence-electron chi connectivity index (χ1n) is 5.28. The number of rotatable bonds is 2. The second-order valence-corrected chi connectivity index (χ2v) is 4.29. The summed E-state index contributed by atoms with van der Waals surface area (Å²) in [6, 6.07) is 2.95. The van der Waals surface area contributed by atoms with Crippen LogP contribution in [0, 0.1) is 23.2 Å². The quantitative estimate of drug-likeness (QED) is 0.652. The molecule has 3 atom stereocenters. The van der Waals surface area contributed by atoms with Crippen LogP contribution in [-0.4, -0.2) is 24.5 Å². The van der Waals surface area contributed by atoms with Crippen molar-refractivity contribution in [2.45, 2.75) is 39.2 Å². The first kappa shape index (κ1) is 10.5. The monoisotopic (exact) mass is 180 g/mol. The van der Waals surface area contributed by atoms with E-state index in [1.807, 2.05) is 0 Å². The molecule has 0 radical (unpaired) electrons. The van der Waals surface area contributed by atoms with Crippen molar-refractivity contribution in [3.63, 3.8) is 0 Å². The van der Waals surface area contributed by atoms with E-state index in [2.05, 4.69) is 31.9 Å². The van der Waals surface area contributed by atoms with Crippen LogP contribution in [0.15, 0.2) is 0 Å². The van der Waals surface area contributed by atoms with Gasteiger partial charge in [-0.05, 0) is 38.8 Å². The highest BCUT2D eigenvalue weighted by atomic mass is 15.1. The topological polar surface area (TPSA) is 27.0 Å². The summed E-state index contributed by atoms with van der Waals surface area (Å²) in [5.74, 6) is 1.06. The lowest BCUT2D eigenvalue weighted by Gasteiger charge is -2.36.